The van der Waals surface area contributed by atoms with Gasteiger partial charge in [0, 0.05) is 10.9 Å². The summed E-state index contributed by atoms with van der Waals surface area (Å²) in [4.78, 5) is 32.8. The van der Waals surface area contributed by atoms with Gasteiger partial charge in [0.25, 0.3) is 5.56 Å². The van der Waals surface area contributed by atoms with E-state index in [0.29, 0.717) is 21.9 Å². The second kappa shape index (κ2) is 6.83. The predicted octanol–water partition coefficient (Wildman–Crippen LogP) is 4.05. The molecule has 2 aromatic carbocycles. The summed E-state index contributed by atoms with van der Waals surface area (Å²) in [7, 11) is 0. The van der Waals surface area contributed by atoms with Crippen LogP contribution in [0.3, 0.4) is 0 Å². The first-order valence-corrected chi connectivity index (χ1v) is 9.75. The highest BCUT2D eigenvalue weighted by Crippen LogP contribution is 2.29. The molecule has 0 aliphatic rings. The van der Waals surface area contributed by atoms with Gasteiger partial charge in [0.1, 0.15) is 16.3 Å². The third kappa shape index (κ3) is 2.97. The number of aryl methyl sites for hydroxylation is 2. The number of fused-ring (bicyclic) bond motifs is 3. The molecule has 0 saturated carbocycles. The standard InChI is InChI=1S/C21H19N3O3S/c1-11-8-9-12(2)16(10-11)24-19(25)18-17(14-6-4-5-7-15(14)22-18)23-21(24)28-13(3)20(26)27/h4-10,13,22H,1-3H3,(H,26,27). The highest BCUT2D eigenvalue weighted by molar-refractivity contribution is 8.00. The molecule has 0 aliphatic heterocycles. The first-order chi connectivity index (χ1) is 13.4. The average Bonchev–Trinajstić information content (AvgIpc) is 3.03. The number of carboxylic acid groups (broad SMARTS) is 1. The van der Waals surface area contributed by atoms with Gasteiger partial charge in [-0.05, 0) is 44.0 Å². The van der Waals surface area contributed by atoms with E-state index in [4.69, 9.17) is 4.98 Å². The van der Waals surface area contributed by atoms with E-state index in [-0.39, 0.29) is 5.56 Å². The second-order valence-corrected chi connectivity index (χ2v) is 8.13. The Hall–Kier alpha value is -3.06. The monoisotopic (exact) mass is 393 g/mol. The normalized spacial score (nSPS) is 12.5. The lowest BCUT2D eigenvalue weighted by Crippen LogP contribution is -2.24. The number of hydrogen-bond donors (Lipinski definition) is 2. The second-order valence-electron chi connectivity index (χ2n) is 6.82. The summed E-state index contributed by atoms with van der Waals surface area (Å²) in [6.07, 6.45) is 0. The molecule has 28 heavy (non-hydrogen) atoms. The minimum atomic E-state index is -0.953. The SMILES string of the molecule is Cc1ccc(C)c(-n2c(SC(C)C(=O)O)nc3c([nH]c4ccccc43)c2=O)c1. The van der Waals surface area contributed by atoms with Crippen LogP contribution in [0.5, 0.6) is 0 Å². The number of rotatable bonds is 4. The lowest BCUT2D eigenvalue weighted by atomic mass is 10.1. The Morgan fingerprint density at radius 2 is 1.96 bits per heavy atom. The van der Waals surface area contributed by atoms with E-state index < -0.39 is 11.2 Å². The van der Waals surface area contributed by atoms with E-state index in [2.05, 4.69) is 4.98 Å². The lowest BCUT2D eigenvalue weighted by Gasteiger charge is -2.16. The van der Waals surface area contributed by atoms with Crippen LogP contribution >= 0.6 is 11.8 Å². The molecule has 6 nitrogen and oxygen atoms in total. The van der Waals surface area contributed by atoms with Gasteiger partial charge in [-0.15, -0.1) is 0 Å². The molecule has 1 atom stereocenters. The number of nitrogens with one attached hydrogen (secondary N) is 1. The number of carbonyl (C=O) groups is 1. The largest absolute Gasteiger partial charge is 0.480 e. The summed E-state index contributed by atoms with van der Waals surface area (Å²) in [5.74, 6) is -0.953. The zero-order chi connectivity index (χ0) is 20.0. The Morgan fingerprint density at radius 3 is 2.71 bits per heavy atom. The smallest absolute Gasteiger partial charge is 0.316 e. The van der Waals surface area contributed by atoms with Crippen LogP contribution in [-0.2, 0) is 4.79 Å². The Kier molecular flexibility index (Phi) is 4.47. The minimum absolute atomic E-state index is 0.241. The van der Waals surface area contributed by atoms with Crippen LogP contribution in [0.2, 0.25) is 0 Å². The molecule has 0 bridgehead atoms. The van der Waals surface area contributed by atoms with Gasteiger partial charge in [0.15, 0.2) is 5.16 Å². The number of carboxylic acids is 1. The van der Waals surface area contributed by atoms with Crippen LogP contribution in [0.25, 0.3) is 27.6 Å². The molecule has 0 saturated heterocycles. The van der Waals surface area contributed by atoms with Gasteiger partial charge < -0.3 is 10.1 Å². The summed E-state index contributed by atoms with van der Waals surface area (Å²) in [6.45, 7) is 5.47. The van der Waals surface area contributed by atoms with Crippen molar-refractivity contribution in [2.45, 2.75) is 31.2 Å². The van der Waals surface area contributed by atoms with Crippen molar-refractivity contribution < 1.29 is 9.90 Å². The number of aromatic nitrogens is 3. The molecular weight excluding hydrogens is 374 g/mol. The summed E-state index contributed by atoms with van der Waals surface area (Å²) in [5, 5.41) is 9.84. The van der Waals surface area contributed by atoms with Crippen LogP contribution in [0.4, 0.5) is 0 Å². The number of benzene rings is 2. The Bertz CT molecular complexity index is 1290. The van der Waals surface area contributed by atoms with Crippen molar-refractivity contribution in [3.8, 4) is 5.69 Å². The topological polar surface area (TPSA) is 88.0 Å². The number of H-pyrrole nitrogens is 1. The van der Waals surface area contributed by atoms with E-state index >= 15 is 0 Å². The fraction of sp³-hybridized carbons (Fsp3) is 0.190. The van der Waals surface area contributed by atoms with Gasteiger partial charge >= 0.3 is 5.97 Å². The zero-order valence-corrected chi connectivity index (χ0v) is 16.5. The van der Waals surface area contributed by atoms with Crippen molar-refractivity contribution in [1.29, 1.82) is 0 Å². The van der Waals surface area contributed by atoms with Crippen LogP contribution in [0.15, 0.2) is 52.4 Å². The van der Waals surface area contributed by atoms with Gasteiger partial charge in [-0.2, -0.15) is 0 Å². The van der Waals surface area contributed by atoms with Gasteiger partial charge in [-0.1, -0.05) is 42.1 Å². The number of nitrogens with zero attached hydrogens (tertiary/aromatic N) is 2. The first kappa shape index (κ1) is 18.3. The first-order valence-electron chi connectivity index (χ1n) is 8.87. The van der Waals surface area contributed by atoms with Crippen LogP contribution in [0.1, 0.15) is 18.1 Å². The number of hydrogen-bond acceptors (Lipinski definition) is 4. The maximum Gasteiger partial charge on any atom is 0.316 e. The quantitative estimate of drug-likeness (QED) is 0.403. The molecule has 0 fully saturated rings. The maximum atomic E-state index is 13.5. The molecule has 7 heteroatoms. The lowest BCUT2D eigenvalue weighted by molar-refractivity contribution is -0.136. The summed E-state index contributed by atoms with van der Waals surface area (Å²) >= 11 is 1.07. The summed E-state index contributed by atoms with van der Waals surface area (Å²) in [6, 6.07) is 13.4. The van der Waals surface area contributed by atoms with Gasteiger partial charge in [-0.25, -0.2) is 4.98 Å². The molecule has 0 aliphatic carbocycles. The Morgan fingerprint density at radius 1 is 1.21 bits per heavy atom. The van der Waals surface area contributed by atoms with Crippen molar-refractivity contribution in [3.63, 3.8) is 0 Å². The van der Waals surface area contributed by atoms with Crippen molar-refractivity contribution >= 4 is 39.7 Å². The summed E-state index contributed by atoms with van der Waals surface area (Å²) in [5.41, 5.74) is 4.18. The molecular formula is C21H19N3O3S. The Labute approximate surface area is 165 Å². The molecule has 1 unspecified atom stereocenters. The number of para-hydroxylation sites is 1. The fourth-order valence-electron chi connectivity index (χ4n) is 3.20. The number of thioether (sulfide) groups is 1. The van der Waals surface area contributed by atoms with Crippen LogP contribution in [-0.4, -0.2) is 30.9 Å². The molecule has 4 aromatic rings. The third-order valence-electron chi connectivity index (χ3n) is 4.73. The molecule has 4 rings (SSSR count). The van der Waals surface area contributed by atoms with Crippen molar-refractivity contribution in [2.75, 3.05) is 0 Å². The molecule has 0 amide bonds. The highest BCUT2D eigenvalue weighted by atomic mass is 32.2. The van der Waals surface area contributed by atoms with E-state index in [9.17, 15) is 14.7 Å². The van der Waals surface area contributed by atoms with E-state index in [1.165, 1.54) is 4.57 Å². The molecule has 0 radical (unpaired) electrons. The molecule has 2 aromatic heterocycles. The molecule has 2 N–H and O–H groups in total. The van der Waals surface area contributed by atoms with Crippen LogP contribution < -0.4 is 5.56 Å². The van der Waals surface area contributed by atoms with Gasteiger partial charge in [0.2, 0.25) is 0 Å². The third-order valence-corrected chi connectivity index (χ3v) is 5.77. The number of aromatic amines is 1. The molecule has 142 valence electrons. The minimum Gasteiger partial charge on any atom is -0.480 e. The van der Waals surface area contributed by atoms with Gasteiger partial charge in [-0.3, -0.25) is 14.2 Å². The van der Waals surface area contributed by atoms with E-state index in [0.717, 1.165) is 33.8 Å². The van der Waals surface area contributed by atoms with Crippen LogP contribution in [0, 0.1) is 13.8 Å². The summed E-state index contributed by atoms with van der Waals surface area (Å²) < 4.78 is 1.52. The van der Waals surface area contributed by atoms with E-state index in [1.54, 1.807) is 6.92 Å². The average molecular weight is 393 g/mol. The maximum absolute atomic E-state index is 13.5. The van der Waals surface area contributed by atoms with Gasteiger partial charge in [0.05, 0.1) is 5.69 Å². The van der Waals surface area contributed by atoms with E-state index in [1.807, 2.05) is 56.3 Å². The number of aliphatic carboxylic acids is 1. The molecule has 2 heterocycles. The zero-order valence-electron chi connectivity index (χ0n) is 15.7. The highest BCUT2D eigenvalue weighted by Gasteiger charge is 2.22. The van der Waals surface area contributed by atoms with Crippen molar-refractivity contribution in [2.24, 2.45) is 0 Å². The predicted molar refractivity (Wildman–Crippen MR) is 112 cm³/mol. The molecule has 0 spiro atoms. The van der Waals surface area contributed by atoms with Crippen molar-refractivity contribution in [1.82, 2.24) is 14.5 Å². The van der Waals surface area contributed by atoms with Crippen molar-refractivity contribution in [3.05, 3.63) is 63.9 Å². The Balaban J connectivity index is 2.09. The fourth-order valence-corrected chi connectivity index (χ4v) is 4.05.